The Morgan fingerprint density at radius 1 is 1.26 bits per heavy atom. The molecule has 0 aliphatic rings. The highest BCUT2D eigenvalue weighted by Crippen LogP contribution is 2.23. The molecule has 1 rings (SSSR count). The van der Waals surface area contributed by atoms with E-state index in [1.165, 1.54) is 0 Å². The molecule has 0 spiro atoms. The Hall–Kier alpha value is -1.75. The van der Waals surface area contributed by atoms with Gasteiger partial charge < -0.3 is 19.7 Å². The van der Waals surface area contributed by atoms with Crippen LogP contribution in [0.25, 0.3) is 0 Å². The molecule has 5 heteroatoms. The lowest BCUT2D eigenvalue weighted by molar-refractivity contribution is -0.128. The quantitative estimate of drug-likeness (QED) is 0.755. The van der Waals surface area contributed by atoms with Gasteiger partial charge in [0.05, 0.1) is 14.2 Å². The van der Waals surface area contributed by atoms with Crippen molar-refractivity contribution in [3.63, 3.8) is 0 Å². The van der Waals surface area contributed by atoms with E-state index in [9.17, 15) is 4.79 Å². The average Bonchev–Trinajstić information content (AvgIpc) is 2.42. The number of ether oxygens (including phenoxy) is 2. The summed E-state index contributed by atoms with van der Waals surface area (Å²) in [7, 11) is 6.79. The van der Waals surface area contributed by atoms with Gasteiger partial charge in [0.25, 0.3) is 0 Å². The molecule has 1 aromatic rings. The molecule has 19 heavy (non-hydrogen) atoms. The average molecular weight is 266 g/mol. The van der Waals surface area contributed by atoms with Crippen molar-refractivity contribution >= 4 is 5.91 Å². The second kappa shape index (κ2) is 7.63. The number of carbonyl (C=O) groups excluding carboxylic acids is 1. The maximum atomic E-state index is 11.4. The van der Waals surface area contributed by atoms with Crippen LogP contribution >= 0.6 is 0 Å². The van der Waals surface area contributed by atoms with Gasteiger partial charge in [-0.05, 0) is 18.2 Å². The van der Waals surface area contributed by atoms with Gasteiger partial charge in [-0.15, -0.1) is 0 Å². The smallest absolute Gasteiger partial charge is 0.223 e. The molecule has 0 radical (unpaired) electrons. The number of carbonyl (C=O) groups is 1. The van der Waals surface area contributed by atoms with E-state index in [-0.39, 0.29) is 5.91 Å². The third-order valence-electron chi connectivity index (χ3n) is 2.82. The van der Waals surface area contributed by atoms with Gasteiger partial charge in [0, 0.05) is 39.2 Å². The summed E-state index contributed by atoms with van der Waals surface area (Å²) >= 11 is 0. The fourth-order valence-corrected chi connectivity index (χ4v) is 1.66. The predicted molar refractivity (Wildman–Crippen MR) is 74.6 cm³/mol. The molecule has 0 saturated carbocycles. The number of hydrogen-bond acceptors (Lipinski definition) is 4. The molecule has 0 saturated heterocycles. The fraction of sp³-hybridized carbons (Fsp3) is 0.500. The molecule has 0 heterocycles. The van der Waals surface area contributed by atoms with Crippen molar-refractivity contribution in [2.75, 3.05) is 34.9 Å². The lowest BCUT2D eigenvalue weighted by atomic mass is 10.2. The highest BCUT2D eigenvalue weighted by molar-refractivity contribution is 5.75. The van der Waals surface area contributed by atoms with Gasteiger partial charge in [0.2, 0.25) is 5.91 Å². The van der Waals surface area contributed by atoms with Crippen molar-refractivity contribution < 1.29 is 14.3 Å². The number of methoxy groups -OCH3 is 2. The maximum Gasteiger partial charge on any atom is 0.223 e. The van der Waals surface area contributed by atoms with Crippen molar-refractivity contribution in [1.82, 2.24) is 10.2 Å². The standard InChI is InChI=1S/C14H22N2O3/c1-16(2)14(17)7-8-15-10-11-9-12(18-3)5-6-13(11)19-4/h5-6,9,15H,7-8,10H2,1-4H3. The first kappa shape index (κ1) is 15.3. The van der Waals surface area contributed by atoms with Gasteiger partial charge in [-0.1, -0.05) is 0 Å². The summed E-state index contributed by atoms with van der Waals surface area (Å²) in [5.74, 6) is 1.72. The van der Waals surface area contributed by atoms with Crippen LogP contribution < -0.4 is 14.8 Å². The predicted octanol–water partition coefficient (Wildman–Crippen LogP) is 1.27. The monoisotopic (exact) mass is 266 g/mol. The minimum atomic E-state index is 0.116. The molecule has 5 nitrogen and oxygen atoms in total. The minimum absolute atomic E-state index is 0.116. The molecular formula is C14H22N2O3. The molecule has 0 unspecified atom stereocenters. The number of hydrogen-bond donors (Lipinski definition) is 1. The molecular weight excluding hydrogens is 244 g/mol. The highest BCUT2D eigenvalue weighted by Gasteiger charge is 2.06. The summed E-state index contributed by atoms with van der Waals surface area (Å²) in [5, 5.41) is 3.23. The van der Waals surface area contributed by atoms with Crippen LogP contribution in [0.3, 0.4) is 0 Å². The highest BCUT2D eigenvalue weighted by atomic mass is 16.5. The van der Waals surface area contributed by atoms with Gasteiger partial charge in [-0.2, -0.15) is 0 Å². The number of nitrogens with zero attached hydrogens (tertiary/aromatic N) is 1. The summed E-state index contributed by atoms with van der Waals surface area (Å²) in [6, 6.07) is 5.67. The Morgan fingerprint density at radius 2 is 2.00 bits per heavy atom. The van der Waals surface area contributed by atoms with Crippen LogP contribution in [0.1, 0.15) is 12.0 Å². The maximum absolute atomic E-state index is 11.4. The molecule has 0 atom stereocenters. The lowest BCUT2D eigenvalue weighted by Crippen LogP contribution is -2.26. The summed E-state index contributed by atoms with van der Waals surface area (Å²) in [6.07, 6.45) is 0.485. The minimum Gasteiger partial charge on any atom is -0.497 e. The lowest BCUT2D eigenvalue weighted by Gasteiger charge is -2.12. The Labute approximate surface area is 114 Å². The summed E-state index contributed by atoms with van der Waals surface area (Å²) in [5.41, 5.74) is 1.01. The summed E-state index contributed by atoms with van der Waals surface area (Å²) in [4.78, 5) is 13.0. The first-order valence-electron chi connectivity index (χ1n) is 6.20. The van der Waals surface area contributed by atoms with Crippen molar-refractivity contribution in [1.29, 1.82) is 0 Å². The molecule has 1 aromatic carbocycles. The van der Waals surface area contributed by atoms with Gasteiger partial charge in [-0.3, -0.25) is 4.79 Å². The first-order chi connectivity index (χ1) is 9.08. The zero-order valence-corrected chi connectivity index (χ0v) is 12.0. The number of amides is 1. The van der Waals surface area contributed by atoms with E-state index in [1.54, 1.807) is 33.2 Å². The summed E-state index contributed by atoms with van der Waals surface area (Å²) < 4.78 is 10.5. The van der Waals surface area contributed by atoms with Crippen LogP contribution in [-0.2, 0) is 11.3 Å². The molecule has 0 aliphatic carbocycles. The number of rotatable bonds is 7. The van der Waals surface area contributed by atoms with E-state index in [4.69, 9.17) is 9.47 Å². The van der Waals surface area contributed by atoms with E-state index >= 15 is 0 Å². The second-order valence-electron chi connectivity index (χ2n) is 4.39. The zero-order chi connectivity index (χ0) is 14.3. The Kier molecular flexibility index (Phi) is 6.15. The van der Waals surface area contributed by atoms with Gasteiger partial charge in [-0.25, -0.2) is 0 Å². The largest absolute Gasteiger partial charge is 0.497 e. The van der Waals surface area contributed by atoms with Crippen LogP contribution in [-0.4, -0.2) is 45.7 Å². The van der Waals surface area contributed by atoms with Gasteiger partial charge in [0.1, 0.15) is 11.5 Å². The Morgan fingerprint density at radius 3 is 2.58 bits per heavy atom. The van der Waals surface area contributed by atoms with E-state index in [0.29, 0.717) is 19.5 Å². The fourth-order valence-electron chi connectivity index (χ4n) is 1.66. The number of benzene rings is 1. The second-order valence-corrected chi connectivity index (χ2v) is 4.39. The van der Waals surface area contributed by atoms with Crippen LogP contribution in [0.5, 0.6) is 11.5 Å². The summed E-state index contributed by atoms with van der Waals surface area (Å²) in [6.45, 7) is 1.28. The van der Waals surface area contributed by atoms with E-state index in [0.717, 1.165) is 17.1 Å². The molecule has 0 fully saturated rings. The third-order valence-corrected chi connectivity index (χ3v) is 2.82. The van der Waals surface area contributed by atoms with E-state index < -0.39 is 0 Å². The van der Waals surface area contributed by atoms with Crippen molar-refractivity contribution in [3.8, 4) is 11.5 Å². The van der Waals surface area contributed by atoms with Crippen LogP contribution in [0.15, 0.2) is 18.2 Å². The Bertz CT molecular complexity index is 419. The van der Waals surface area contributed by atoms with E-state index in [2.05, 4.69) is 5.32 Å². The van der Waals surface area contributed by atoms with E-state index in [1.807, 2.05) is 18.2 Å². The Balaban J connectivity index is 2.50. The third kappa shape index (κ3) is 4.79. The SMILES string of the molecule is COc1ccc(OC)c(CNCCC(=O)N(C)C)c1. The topological polar surface area (TPSA) is 50.8 Å². The van der Waals surface area contributed by atoms with Gasteiger partial charge in [0.15, 0.2) is 0 Å². The normalized spacial score (nSPS) is 10.1. The molecule has 106 valence electrons. The number of nitrogens with one attached hydrogen (secondary N) is 1. The van der Waals surface area contributed by atoms with Gasteiger partial charge >= 0.3 is 0 Å². The van der Waals surface area contributed by atoms with Crippen molar-refractivity contribution in [2.24, 2.45) is 0 Å². The van der Waals surface area contributed by atoms with Crippen LogP contribution in [0.4, 0.5) is 0 Å². The zero-order valence-electron chi connectivity index (χ0n) is 12.0. The van der Waals surface area contributed by atoms with Crippen molar-refractivity contribution in [2.45, 2.75) is 13.0 Å². The molecule has 0 aliphatic heterocycles. The molecule has 0 bridgehead atoms. The van der Waals surface area contributed by atoms with Crippen LogP contribution in [0, 0.1) is 0 Å². The molecule has 0 aromatic heterocycles. The molecule has 1 amide bonds. The van der Waals surface area contributed by atoms with Crippen LogP contribution in [0.2, 0.25) is 0 Å². The molecule has 1 N–H and O–H groups in total. The first-order valence-corrected chi connectivity index (χ1v) is 6.20. The van der Waals surface area contributed by atoms with Crippen molar-refractivity contribution in [3.05, 3.63) is 23.8 Å².